The first-order chi connectivity index (χ1) is 13.0. The SMILES string of the molecule is COC(=O)CNC(=O)Cc1ccc(NC(=O)C(C)Oc2ccccc2)cc1. The van der Waals surface area contributed by atoms with Crippen molar-refractivity contribution in [2.75, 3.05) is 19.0 Å². The van der Waals surface area contributed by atoms with Crippen molar-refractivity contribution in [3.8, 4) is 5.75 Å². The number of methoxy groups -OCH3 is 1. The lowest BCUT2D eigenvalue weighted by atomic mass is 10.1. The Morgan fingerprint density at radius 1 is 1.00 bits per heavy atom. The molecule has 27 heavy (non-hydrogen) atoms. The number of benzene rings is 2. The van der Waals surface area contributed by atoms with Crippen LogP contribution in [0.15, 0.2) is 54.6 Å². The summed E-state index contributed by atoms with van der Waals surface area (Å²) in [5, 5.41) is 5.23. The van der Waals surface area contributed by atoms with Gasteiger partial charge in [0.2, 0.25) is 5.91 Å². The summed E-state index contributed by atoms with van der Waals surface area (Å²) in [4.78, 5) is 35.0. The van der Waals surface area contributed by atoms with Crippen LogP contribution in [0.3, 0.4) is 0 Å². The molecule has 0 bridgehead atoms. The summed E-state index contributed by atoms with van der Waals surface area (Å²) in [6.45, 7) is 1.51. The van der Waals surface area contributed by atoms with Crippen LogP contribution in [-0.2, 0) is 25.5 Å². The molecule has 142 valence electrons. The standard InChI is InChI=1S/C20H22N2O5/c1-14(27-17-6-4-3-5-7-17)20(25)22-16-10-8-15(9-11-16)12-18(23)21-13-19(24)26-2/h3-11,14H,12-13H2,1-2H3,(H,21,23)(H,22,25). The zero-order chi connectivity index (χ0) is 19.6. The van der Waals surface area contributed by atoms with E-state index >= 15 is 0 Å². The molecule has 7 heteroatoms. The minimum Gasteiger partial charge on any atom is -0.481 e. The number of carbonyl (C=O) groups excluding carboxylic acids is 3. The fourth-order valence-corrected chi connectivity index (χ4v) is 2.20. The number of ether oxygens (including phenoxy) is 2. The molecular formula is C20H22N2O5. The summed E-state index contributed by atoms with van der Waals surface area (Å²) < 4.78 is 10.0. The molecule has 0 heterocycles. The second-order valence-corrected chi connectivity index (χ2v) is 5.79. The van der Waals surface area contributed by atoms with E-state index in [1.54, 1.807) is 43.3 Å². The van der Waals surface area contributed by atoms with E-state index in [0.717, 1.165) is 5.56 Å². The van der Waals surface area contributed by atoms with Crippen LogP contribution in [0.1, 0.15) is 12.5 Å². The molecule has 0 fully saturated rings. The number of nitrogens with one attached hydrogen (secondary N) is 2. The van der Waals surface area contributed by atoms with E-state index in [-0.39, 0.29) is 24.8 Å². The molecule has 0 saturated carbocycles. The zero-order valence-electron chi connectivity index (χ0n) is 15.2. The average molecular weight is 370 g/mol. The van der Waals surface area contributed by atoms with Crippen molar-refractivity contribution in [2.45, 2.75) is 19.4 Å². The van der Waals surface area contributed by atoms with Gasteiger partial charge in [-0.25, -0.2) is 0 Å². The summed E-state index contributed by atoms with van der Waals surface area (Å²) in [6.07, 6.45) is -0.533. The zero-order valence-corrected chi connectivity index (χ0v) is 15.2. The lowest BCUT2D eigenvalue weighted by Gasteiger charge is -2.15. The maximum absolute atomic E-state index is 12.2. The van der Waals surface area contributed by atoms with Crippen LogP contribution >= 0.6 is 0 Å². The fourth-order valence-electron chi connectivity index (χ4n) is 2.20. The van der Waals surface area contributed by atoms with Crippen LogP contribution < -0.4 is 15.4 Å². The minimum atomic E-state index is -0.656. The van der Waals surface area contributed by atoms with Gasteiger partial charge in [0.1, 0.15) is 12.3 Å². The minimum absolute atomic E-state index is 0.124. The normalized spacial score (nSPS) is 11.2. The third-order valence-electron chi connectivity index (χ3n) is 3.67. The van der Waals surface area contributed by atoms with Gasteiger partial charge in [-0.2, -0.15) is 0 Å². The molecule has 0 aliphatic carbocycles. The number of carbonyl (C=O) groups is 3. The van der Waals surface area contributed by atoms with Crippen LogP contribution in [0.5, 0.6) is 5.75 Å². The van der Waals surface area contributed by atoms with E-state index in [1.165, 1.54) is 7.11 Å². The molecule has 0 aliphatic heterocycles. The van der Waals surface area contributed by atoms with E-state index in [9.17, 15) is 14.4 Å². The van der Waals surface area contributed by atoms with Gasteiger partial charge in [0.15, 0.2) is 6.10 Å². The predicted octanol–water partition coefficient (Wildman–Crippen LogP) is 1.92. The van der Waals surface area contributed by atoms with E-state index in [0.29, 0.717) is 11.4 Å². The van der Waals surface area contributed by atoms with Crippen molar-refractivity contribution >= 4 is 23.5 Å². The third kappa shape index (κ3) is 6.81. The van der Waals surface area contributed by atoms with Crippen molar-refractivity contribution in [1.29, 1.82) is 0 Å². The third-order valence-corrected chi connectivity index (χ3v) is 3.67. The van der Waals surface area contributed by atoms with Crippen LogP contribution in [0, 0.1) is 0 Å². The number of amides is 2. The lowest BCUT2D eigenvalue weighted by Crippen LogP contribution is -2.31. The Morgan fingerprint density at radius 2 is 1.67 bits per heavy atom. The fraction of sp³-hybridized carbons (Fsp3) is 0.250. The highest BCUT2D eigenvalue weighted by molar-refractivity contribution is 5.94. The maximum Gasteiger partial charge on any atom is 0.325 e. The van der Waals surface area contributed by atoms with E-state index < -0.39 is 12.1 Å². The summed E-state index contributed by atoms with van der Waals surface area (Å²) in [6, 6.07) is 16.0. The highest BCUT2D eigenvalue weighted by Gasteiger charge is 2.15. The second-order valence-electron chi connectivity index (χ2n) is 5.79. The first-order valence-electron chi connectivity index (χ1n) is 8.43. The quantitative estimate of drug-likeness (QED) is 0.693. The summed E-state index contributed by atoms with van der Waals surface area (Å²) >= 11 is 0. The predicted molar refractivity (Wildman–Crippen MR) is 100 cm³/mol. The molecule has 2 aromatic carbocycles. The van der Waals surface area contributed by atoms with Crippen molar-refractivity contribution in [2.24, 2.45) is 0 Å². The Labute approximate surface area is 157 Å². The Bertz CT molecular complexity index is 775. The lowest BCUT2D eigenvalue weighted by molar-refractivity contribution is -0.141. The number of hydrogen-bond acceptors (Lipinski definition) is 5. The average Bonchev–Trinajstić information content (AvgIpc) is 2.68. The molecule has 0 spiro atoms. The van der Waals surface area contributed by atoms with Gasteiger partial charge in [-0.05, 0) is 36.8 Å². The molecular weight excluding hydrogens is 348 g/mol. The highest BCUT2D eigenvalue weighted by atomic mass is 16.5. The van der Waals surface area contributed by atoms with Crippen molar-refractivity contribution in [3.05, 3.63) is 60.2 Å². The topological polar surface area (TPSA) is 93.7 Å². The first-order valence-corrected chi connectivity index (χ1v) is 8.43. The van der Waals surface area contributed by atoms with Gasteiger partial charge in [0, 0.05) is 5.69 Å². The molecule has 0 aromatic heterocycles. The molecule has 2 aromatic rings. The first kappa shape index (κ1) is 20.0. The Kier molecular flexibility index (Phi) is 7.37. The van der Waals surface area contributed by atoms with E-state index in [1.807, 2.05) is 18.2 Å². The van der Waals surface area contributed by atoms with Crippen LogP contribution in [0.4, 0.5) is 5.69 Å². The molecule has 2 N–H and O–H groups in total. The van der Waals surface area contributed by atoms with Gasteiger partial charge in [0.05, 0.1) is 13.5 Å². The van der Waals surface area contributed by atoms with Gasteiger partial charge in [-0.15, -0.1) is 0 Å². The van der Waals surface area contributed by atoms with Crippen LogP contribution in [0.25, 0.3) is 0 Å². The van der Waals surface area contributed by atoms with Crippen LogP contribution in [0.2, 0.25) is 0 Å². The molecule has 0 aliphatic rings. The highest BCUT2D eigenvalue weighted by Crippen LogP contribution is 2.14. The van der Waals surface area contributed by atoms with Crippen LogP contribution in [-0.4, -0.2) is 37.5 Å². The number of hydrogen-bond donors (Lipinski definition) is 2. The van der Waals surface area contributed by atoms with Crippen molar-refractivity contribution < 1.29 is 23.9 Å². The monoisotopic (exact) mass is 370 g/mol. The van der Waals surface area contributed by atoms with E-state index in [2.05, 4.69) is 15.4 Å². The molecule has 2 rings (SSSR count). The molecule has 2 amide bonds. The Hall–Kier alpha value is -3.35. The number of anilines is 1. The molecule has 1 unspecified atom stereocenters. The Balaban J connectivity index is 1.83. The summed E-state index contributed by atoms with van der Waals surface area (Å²) in [5.41, 5.74) is 1.35. The van der Waals surface area contributed by atoms with Crippen molar-refractivity contribution in [3.63, 3.8) is 0 Å². The maximum atomic E-state index is 12.2. The molecule has 0 radical (unpaired) electrons. The summed E-state index contributed by atoms with van der Waals surface area (Å²) in [7, 11) is 1.26. The van der Waals surface area contributed by atoms with Gasteiger partial charge >= 0.3 is 5.97 Å². The molecule has 1 atom stereocenters. The second kappa shape index (κ2) is 9.96. The smallest absolute Gasteiger partial charge is 0.325 e. The number of esters is 1. The van der Waals surface area contributed by atoms with Gasteiger partial charge < -0.3 is 20.1 Å². The van der Waals surface area contributed by atoms with Crippen molar-refractivity contribution in [1.82, 2.24) is 5.32 Å². The Morgan fingerprint density at radius 3 is 2.30 bits per heavy atom. The number of rotatable bonds is 8. The largest absolute Gasteiger partial charge is 0.481 e. The van der Waals surface area contributed by atoms with Gasteiger partial charge in [0.25, 0.3) is 5.91 Å². The molecule has 7 nitrogen and oxygen atoms in total. The van der Waals surface area contributed by atoms with Gasteiger partial charge in [-0.3, -0.25) is 14.4 Å². The summed E-state index contributed by atoms with van der Waals surface area (Å²) in [5.74, 6) is -0.453. The number of para-hydroxylation sites is 1. The molecule has 0 saturated heterocycles. The van der Waals surface area contributed by atoms with E-state index in [4.69, 9.17) is 4.74 Å². The van der Waals surface area contributed by atoms with Gasteiger partial charge in [-0.1, -0.05) is 30.3 Å².